The van der Waals surface area contributed by atoms with E-state index in [2.05, 4.69) is 31.0 Å². The summed E-state index contributed by atoms with van der Waals surface area (Å²) >= 11 is 0. The Kier molecular flexibility index (Phi) is 7.88. The SMILES string of the molecule is CCCc1cc(-c2nc(CC)co2)ccc1OCCCOc1ccc2c(c1)CC[C@H]2CC(=O)O. The highest BCUT2D eigenvalue weighted by Gasteiger charge is 2.24. The maximum Gasteiger partial charge on any atom is 0.303 e. The van der Waals surface area contributed by atoms with Gasteiger partial charge in [0, 0.05) is 12.0 Å². The lowest BCUT2D eigenvalue weighted by Gasteiger charge is -2.13. The lowest BCUT2D eigenvalue weighted by Crippen LogP contribution is -2.07. The van der Waals surface area contributed by atoms with Crippen LogP contribution in [0.5, 0.6) is 11.5 Å². The standard InChI is InChI=1S/C28H33NO5/c1-3-6-21-15-22(28-29-23(4-2)18-34-28)9-12-26(21)33-14-5-13-32-24-10-11-25-19(16-24)7-8-20(25)17-27(30)31/h9-12,15-16,18,20H,3-8,13-14,17H2,1-2H3,(H,30,31)/t20-/m0/s1. The summed E-state index contributed by atoms with van der Waals surface area (Å²) in [4.78, 5) is 15.6. The Balaban J connectivity index is 1.28. The van der Waals surface area contributed by atoms with E-state index in [9.17, 15) is 4.79 Å². The van der Waals surface area contributed by atoms with E-state index in [-0.39, 0.29) is 12.3 Å². The van der Waals surface area contributed by atoms with Gasteiger partial charge in [-0.05, 0) is 78.6 Å². The van der Waals surface area contributed by atoms with Crippen molar-refractivity contribution in [2.24, 2.45) is 0 Å². The van der Waals surface area contributed by atoms with E-state index in [0.717, 1.165) is 72.4 Å². The van der Waals surface area contributed by atoms with Crippen molar-refractivity contribution in [1.82, 2.24) is 4.98 Å². The van der Waals surface area contributed by atoms with Gasteiger partial charge in [-0.2, -0.15) is 0 Å². The van der Waals surface area contributed by atoms with Gasteiger partial charge in [0.1, 0.15) is 17.8 Å². The normalized spacial score (nSPS) is 14.7. The Morgan fingerprint density at radius 2 is 2.00 bits per heavy atom. The molecule has 0 unspecified atom stereocenters. The van der Waals surface area contributed by atoms with Crippen LogP contribution in [0.3, 0.4) is 0 Å². The first-order valence-corrected chi connectivity index (χ1v) is 12.2. The molecule has 6 heteroatoms. The van der Waals surface area contributed by atoms with Crippen LogP contribution in [0, 0.1) is 0 Å². The number of fused-ring (bicyclic) bond motifs is 1. The monoisotopic (exact) mass is 463 g/mol. The minimum absolute atomic E-state index is 0.121. The quantitative estimate of drug-likeness (QED) is 0.322. The topological polar surface area (TPSA) is 81.8 Å². The van der Waals surface area contributed by atoms with E-state index in [1.807, 2.05) is 24.3 Å². The smallest absolute Gasteiger partial charge is 0.303 e. The zero-order valence-corrected chi connectivity index (χ0v) is 20.0. The van der Waals surface area contributed by atoms with Crippen LogP contribution < -0.4 is 9.47 Å². The van der Waals surface area contributed by atoms with Gasteiger partial charge < -0.3 is 19.0 Å². The molecule has 3 aromatic rings. The molecule has 1 atom stereocenters. The lowest BCUT2D eigenvalue weighted by molar-refractivity contribution is -0.137. The Bertz CT molecular complexity index is 1120. The predicted octanol–water partition coefficient (Wildman–Crippen LogP) is 6.21. The number of ether oxygens (including phenoxy) is 2. The number of carboxylic acid groups (broad SMARTS) is 1. The van der Waals surface area contributed by atoms with E-state index in [0.29, 0.717) is 19.1 Å². The van der Waals surface area contributed by atoms with Crippen molar-refractivity contribution in [2.75, 3.05) is 13.2 Å². The third-order valence-electron chi connectivity index (χ3n) is 6.29. The molecule has 0 saturated heterocycles. The summed E-state index contributed by atoms with van der Waals surface area (Å²) < 4.78 is 17.6. The molecule has 0 spiro atoms. The number of aliphatic carboxylic acids is 1. The summed E-state index contributed by atoms with van der Waals surface area (Å²) in [7, 11) is 0. The van der Waals surface area contributed by atoms with E-state index >= 15 is 0 Å². The summed E-state index contributed by atoms with van der Waals surface area (Å²) in [5.41, 5.74) is 5.45. The number of rotatable bonds is 12. The van der Waals surface area contributed by atoms with Gasteiger partial charge in [0.2, 0.25) is 5.89 Å². The van der Waals surface area contributed by atoms with Gasteiger partial charge in [-0.25, -0.2) is 4.98 Å². The van der Waals surface area contributed by atoms with Crippen LogP contribution in [0.1, 0.15) is 67.8 Å². The van der Waals surface area contributed by atoms with E-state index in [1.165, 1.54) is 5.56 Å². The van der Waals surface area contributed by atoms with Crippen molar-refractivity contribution in [3.8, 4) is 23.0 Å². The average Bonchev–Trinajstić information content (AvgIpc) is 3.47. The van der Waals surface area contributed by atoms with Crippen LogP contribution in [0.4, 0.5) is 0 Å². The summed E-state index contributed by atoms with van der Waals surface area (Å²) in [6.07, 6.45) is 7.30. The third kappa shape index (κ3) is 5.79. The molecule has 34 heavy (non-hydrogen) atoms. The van der Waals surface area contributed by atoms with Crippen LogP contribution in [0.25, 0.3) is 11.5 Å². The zero-order valence-electron chi connectivity index (χ0n) is 20.0. The number of hydrogen-bond acceptors (Lipinski definition) is 5. The molecule has 1 aliphatic rings. The second-order valence-electron chi connectivity index (χ2n) is 8.81. The fourth-order valence-electron chi connectivity index (χ4n) is 4.55. The van der Waals surface area contributed by atoms with Crippen LogP contribution in [-0.4, -0.2) is 29.3 Å². The summed E-state index contributed by atoms with van der Waals surface area (Å²) in [6.45, 7) is 5.35. The second-order valence-corrected chi connectivity index (χ2v) is 8.81. The molecule has 0 amide bonds. The number of nitrogens with zero attached hydrogens (tertiary/aromatic N) is 1. The summed E-state index contributed by atoms with van der Waals surface area (Å²) in [6, 6.07) is 12.2. The molecule has 0 fully saturated rings. The van der Waals surface area contributed by atoms with Gasteiger partial charge in [-0.1, -0.05) is 26.3 Å². The summed E-state index contributed by atoms with van der Waals surface area (Å²) in [5, 5.41) is 9.08. The number of carboxylic acids is 1. The molecule has 0 bridgehead atoms. The molecular formula is C28H33NO5. The summed E-state index contributed by atoms with van der Waals surface area (Å²) in [5.74, 6) is 1.77. The molecule has 6 nitrogen and oxygen atoms in total. The number of benzene rings is 2. The number of carbonyl (C=O) groups is 1. The van der Waals surface area contributed by atoms with Gasteiger partial charge in [-0.15, -0.1) is 0 Å². The molecule has 0 saturated carbocycles. The molecule has 1 aromatic heterocycles. The zero-order chi connectivity index (χ0) is 23.9. The van der Waals surface area contributed by atoms with Gasteiger partial charge in [0.25, 0.3) is 0 Å². The van der Waals surface area contributed by atoms with Gasteiger partial charge in [0.15, 0.2) is 0 Å². The molecule has 1 N–H and O–H groups in total. The predicted molar refractivity (Wildman–Crippen MR) is 131 cm³/mol. The molecule has 180 valence electrons. The van der Waals surface area contributed by atoms with Crippen molar-refractivity contribution in [3.05, 3.63) is 65.0 Å². The number of aryl methyl sites for hydroxylation is 3. The van der Waals surface area contributed by atoms with Gasteiger partial charge in [0.05, 0.1) is 25.3 Å². The first-order chi connectivity index (χ1) is 16.6. The van der Waals surface area contributed by atoms with Crippen LogP contribution in [0.2, 0.25) is 0 Å². The molecule has 2 aromatic carbocycles. The molecule has 0 radical (unpaired) electrons. The average molecular weight is 464 g/mol. The molecule has 4 rings (SSSR count). The Labute approximate surface area is 200 Å². The fraction of sp³-hybridized carbons (Fsp3) is 0.429. The molecular weight excluding hydrogens is 430 g/mol. The van der Waals surface area contributed by atoms with Gasteiger partial charge >= 0.3 is 5.97 Å². The first kappa shape index (κ1) is 23.9. The van der Waals surface area contributed by atoms with Crippen LogP contribution in [0.15, 0.2) is 47.1 Å². The maximum atomic E-state index is 11.0. The highest BCUT2D eigenvalue weighted by molar-refractivity contribution is 5.68. The number of hydrogen-bond donors (Lipinski definition) is 1. The largest absolute Gasteiger partial charge is 0.493 e. The maximum absolute atomic E-state index is 11.0. The van der Waals surface area contributed by atoms with Gasteiger partial charge in [-0.3, -0.25) is 4.79 Å². The second kappa shape index (κ2) is 11.2. The number of oxazole rings is 1. The van der Waals surface area contributed by atoms with Crippen LogP contribution in [-0.2, 0) is 24.1 Å². The minimum Gasteiger partial charge on any atom is -0.493 e. The Morgan fingerprint density at radius 1 is 1.15 bits per heavy atom. The highest BCUT2D eigenvalue weighted by Crippen LogP contribution is 2.37. The molecule has 1 heterocycles. The van der Waals surface area contributed by atoms with Crippen molar-refractivity contribution in [2.45, 2.75) is 64.7 Å². The fourth-order valence-corrected chi connectivity index (χ4v) is 4.55. The van der Waals surface area contributed by atoms with Crippen molar-refractivity contribution in [3.63, 3.8) is 0 Å². The molecule has 1 aliphatic carbocycles. The van der Waals surface area contributed by atoms with E-state index in [1.54, 1.807) is 6.26 Å². The minimum atomic E-state index is -0.738. The Hall–Kier alpha value is -3.28. The number of aromatic nitrogens is 1. The lowest BCUT2D eigenvalue weighted by atomic mass is 9.98. The van der Waals surface area contributed by atoms with E-state index < -0.39 is 5.97 Å². The van der Waals surface area contributed by atoms with Crippen LogP contribution >= 0.6 is 0 Å². The first-order valence-electron chi connectivity index (χ1n) is 12.2. The van der Waals surface area contributed by atoms with E-state index in [4.69, 9.17) is 19.0 Å². The third-order valence-corrected chi connectivity index (χ3v) is 6.29. The highest BCUT2D eigenvalue weighted by atomic mass is 16.5. The Morgan fingerprint density at radius 3 is 2.76 bits per heavy atom. The van der Waals surface area contributed by atoms with Crippen molar-refractivity contribution >= 4 is 5.97 Å². The van der Waals surface area contributed by atoms with Crippen molar-refractivity contribution < 1.29 is 23.8 Å². The molecule has 0 aliphatic heterocycles. The van der Waals surface area contributed by atoms with Crippen molar-refractivity contribution in [1.29, 1.82) is 0 Å².